The molecule has 0 unspecified atom stereocenters. The van der Waals surface area contributed by atoms with Crippen molar-refractivity contribution in [3.8, 4) is 10.4 Å². The summed E-state index contributed by atoms with van der Waals surface area (Å²) in [6.45, 7) is 0.526. The molecular formula is C20H18N4OS. The van der Waals surface area contributed by atoms with Crippen LogP contribution in [0.25, 0.3) is 21.3 Å². The minimum atomic E-state index is -0.175. The number of aromatic nitrogens is 2. The number of fused-ring (bicyclic) bond motifs is 1. The van der Waals surface area contributed by atoms with E-state index in [0.717, 1.165) is 26.9 Å². The van der Waals surface area contributed by atoms with Gasteiger partial charge in [-0.15, -0.1) is 0 Å². The Kier molecular flexibility index (Phi) is 4.41. The SMILES string of the molecule is CN(Cc1cccc2[nH]ccc12)C(=O)Nc1ncc(-c2ccccc2)s1. The minimum Gasteiger partial charge on any atom is -0.361 e. The number of H-pyrrole nitrogens is 1. The molecule has 6 heteroatoms. The van der Waals surface area contributed by atoms with Crippen LogP contribution in [-0.4, -0.2) is 27.9 Å². The summed E-state index contributed by atoms with van der Waals surface area (Å²) in [6, 6.07) is 17.9. The number of aromatic amines is 1. The lowest BCUT2D eigenvalue weighted by Gasteiger charge is -2.17. The van der Waals surface area contributed by atoms with Gasteiger partial charge in [0.2, 0.25) is 0 Å². The molecule has 0 spiro atoms. The second-order valence-corrected chi connectivity index (χ2v) is 7.07. The average Bonchev–Trinajstić information content (AvgIpc) is 3.32. The van der Waals surface area contributed by atoms with E-state index in [1.54, 1.807) is 18.1 Å². The largest absolute Gasteiger partial charge is 0.361 e. The molecule has 5 nitrogen and oxygen atoms in total. The summed E-state index contributed by atoms with van der Waals surface area (Å²) in [4.78, 5) is 22.7. The lowest BCUT2D eigenvalue weighted by molar-refractivity contribution is 0.221. The molecule has 2 aromatic carbocycles. The van der Waals surface area contributed by atoms with Crippen molar-refractivity contribution in [2.75, 3.05) is 12.4 Å². The van der Waals surface area contributed by atoms with Crippen molar-refractivity contribution in [3.63, 3.8) is 0 Å². The van der Waals surface area contributed by atoms with Crippen molar-refractivity contribution in [1.29, 1.82) is 0 Å². The lowest BCUT2D eigenvalue weighted by atomic mass is 10.1. The summed E-state index contributed by atoms with van der Waals surface area (Å²) in [5, 5.41) is 4.61. The van der Waals surface area contributed by atoms with Crippen LogP contribution >= 0.6 is 11.3 Å². The third-order valence-electron chi connectivity index (χ3n) is 4.22. The quantitative estimate of drug-likeness (QED) is 0.539. The fraction of sp³-hybridized carbons (Fsp3) is 0.100. The zero-order valence-corrected chi connectivity index (χ0v) is 15.1. The van der Waals surface area contributed by atoms with Crippen LogP contribution in [0.4, 0.5) is 9.93 Å². The molecule has 0 atom stereocenters. The zero-order chi connectivity index (χ0) is 17.9. The number of urea groups is 1. The second kappa shape index (κ2) is 7.01. The molecule has 0 saturated heterocycles. The number of nitrogens with zero attached hydrogens (tertiary/aromatic N) is 2. The number of amides is 2. The Labute approximate surface area is 155 Å². The standard InChI is InChI=1S/C20H18N4OS/c1-24(13-15-8-5-9-17-16(15)10-11-21-17)20(25)23-19-22-12-18(26-19)14-6-3-2-4-7-14/h2-12,21H,13H2,1H3,(H,22,23,25). The van der Waals surface area contributed by atoms with E-state index in [2.05, 4.69) is 15.3 Å². The number of hydrogen-bond donors (Lipinski definition) is 2. The zero-order valence-electron chi connectivity index (χ0n) is 14.3. The van der Waals surface area contributed by atoms with Gasteiger partial charge in [-0.25, -0.2) is 9.78 Å². The molecular weight excluding hydrogens is 344 g/mol. The summed E-state index contributed by atoms with van der Waals surface area (Å²) in [7, 11) is 1.78. The van der Waals surface area contributed by atoms with E-state index >= 15 is 0 Å². The van der Waals surface area contributed by atoms with Crippen LogP contribution in [0.15, 0.2) is 67.0 Å². The van der Waals surface area contributed by atoms with Gasteiger partial charge in [-0.05, 0) is 23.3 Å². The molecule has 0 aliphatic heterocycles. The average molecular weight is 362 g/mol. The first kappa shape index (κ1) is 16.4. The molecule has 26 heavy (non-hydrogen) atoms. The fourth-order valence-electron chi connectivity index (χ4n) is 2.87. The first-order valence-electron chi connectivity index (χ1n) is 8.29. The van der Waals surface area contributed by atoms with Gasteiger partial charge in [0, 0.05) is 36.9 Å². The van der Waals surface area contributed by atoms with Gasteiger partial charge in [-0.1, -0.05) is 53.8 Å². The highest BCUT2D eigenvalue weighted by Gasteiger charge is 2.13. The maximum Gasteiger partial charge on any atom is 0.323 e. The highest BCUT2D eigenvalue weighted by atomic mass is 32.1. The predicted octanol–water partition coefficient (Wildman–Crippen LogP) is 4.96. The van der Waals surface area contributed by atoms with Crippen LogP contribution in [0.1, 0.15) is 5.56 Å². The molecule has 0 bridgehead atoms. The van der Waals surface area contributed by atoms with Crippen LogP contribution in [0.5, 0.6) is 0 Å². The lowest BCUT2D eigenvalue weighted by Crippen LogP contribution is -2.30. The van der Waals surface area contributed by atoms with Gasteiger partial charge in [0.25, 0.3) is 0 Å². The molecule has 4 rings (SSSR count). The van der Waals surface area contributed by atoms with Crippen LogP contribution in [0.2, 0.25) is 0 Å². The molecule has 0 fully saturated rings. The van der Waals surface area contributed by atoms with Crippen molar-refractivity contribution in [2.45, 2.75) is 6.54 Å². The summed E-state index contributed by atoms with van der Waals surface area (Å²) in [5.41, 5.74) is 3.27. The van der Waals surface area contributed by atoms with E-state index < -0.39 is 0 Å². The van der Waals surface area contributed by atoms with Gasteiger partial charge in [-0.3, -0.25) is 5.32 Å². The topological polar surface area (TPSA) is 61.0 Å². The summed E-state index contributed by atoms with van der Waals surface area (Å²) < 4.78 is 0. The molecule has 2 amide bonds. The first-order chi connectivity index (χ1) is 12.7. The number of carbonyl (C=O) groups excluding carboxylic acids is 1. The number of hydrogen-bond acceptors (Lipinski definition) is 3. The molecule has 4 aromatic rings. The third kappa shape index (κ3) is 3.32. The Morgan fingerprint density at radius 2 is 2.00 bits per heavy atom. The summed E-state index contributed by atoms with van der Waals surface area (Å²) in [6.07, 6.45) is 3.70. The molecule has 0 aliphatic rings. The Hall–Kier alpha value is -3.12. The number of rotatable bonds is 4. The van der Waals surface area contributed by atoms with Gasteiger partial charge in [-0.2, -0.15) is 0 Å². The molecule has 2 aromatic heterocycles. The van der Waals surface area contributed by atoms with E-state index in [4.69, 9.17) is 0 Å². The molecule has 2 N–H and O–H groups in total. The van der Waals surface area contributed by atoms with Crippen molar-refractivity contribution >= 4 is 33.4 Å². The molecule has 0 saturated carbocycles. The van der Waals surface area contributed by atoms with Crippen LogP contribution in [-0.2, 0) is 6.54 Å². The predicted molar refractivity (Wildman–Crippen MR) is 106 cm³/mol. The Bertz CT molecular complexity index is 1040. The third-order valence-corrected chi connectivity index (χ3v) is 5.18. The van der Waals surface area contributed by atoms with Gasteiger partial charge in [0.15, 0.2) is 5.13 Å². The molecule has 0 aliphatic carbocycles. The van der Waals surface area contributed by atoms with Crippen molar-refractivity contribution in [2.24, 2.45) is 0 Å². The molecule has 2 heterocycles. The van der Waals surface area contributed by atoms with Gasteiger partial charge in [0.1, 0.15) is 0 Å². The number of carbonyl (C=O) groups is 1. The van der Waals surface area contributed by atoms with Crippen LogP contribution in [0, 0.1) is 0 Å². The Morgan fingerprint density at radius 1 is 1.15 bits per heavy atom. The minimum absolute atomic E-state index is 0.175. The highest BCUT2D eigenvalue weighted by Crippen LogP contribution is 2.28. The van der Waals surface area contributed by atoms with Gasteiger partial charge >= 0.3 is 6.03 Å². The molecule has 130 valence electrons. The number of nitrogens with one attached hydrogen (secondary N) is 2. The van der Waals surface area contributed by atoms with Crippen molar-refractivity contribution in [3.05, 3.63) is 72.6 Å². The fourth-order valence-corrected chi connectivity index (χ4v) is 3.68. The number of benzene rings is 2. The van der Waals surface area contributed by atoms with E-state index in [9.17, 15) is 4.79 Å². The van der Waals surface area contributed by atoms with Crippen molar-refractivity contribution in [1.82, 2.24) is 14.9 Å². The Balaban J connectivity index is 1.45. The first-order valence-corrected chi connectivity index (χ1v) is 9.11. The van der Waals surface area contributed by atoms with Gasteiger partial charge in [0.05, 0.1) is 4.88 Å². The van der Waals surface area contributed by atoms with E-state index in [1.165, 1.54) is 11.3 Å². The summed E-state index contributed by atoms with van der Waals surface area (Å²) >= 11 is 1.47. The monoisotopic (exact) mass is 362 g/mol. The number of thiazole rings is 1. The second-order valence-electron chi connectivity index (χ2n) is 6.04. The van der Waals surface area contributed by atoms with Crippen molar-refractivity contribution < 1.29 is 4.79 Å². The maximum atomic E-state index is 12.5. The summed E-state index contributed by atoms with van der Waals surface area (Å²) in [5.74, 6) is 0. The van der Waals surface area contributed by atoms with E-state index in [0.29, 0.717) is 11.7 Å². The highest BCUT2D eigenvalue weighted by molar-refractivity contribution is 7.19. The van der Waals surface area contributed by atoms with Crippen LogP contribution < -0.4 is 5.32 Å². The van der Waals surface area contributed by atoms with Gasteiger partial charge < -0.3 is 9.88 Å². The van der Waals surface area contributed by atoms with E-state index in [1.807, 2.05) is 60.8 Å². The molecule has 0 radical (unpaired) electrons. The number of anilines is 1. The van der Waals surface area contributed by atoms with Crippen LogP contribution in [0.3, 0.4) is 0 Å². The Morgan fingerprint density at radius 3 is 2.85 bits per heavy atom. The normalized spacial score (nSPS) is 10.8. The van der Waals surface area contributed by atoms with E-state index in [-0.39, 0.29) is 6.03 Å². The maximum absolute atomic E-state index is 12.5. The smallest absolute Gasteiger partial charge is 0.323 e.